The Morgan fingerprint density at radius 2 is 1.93 bits per heavy atom. The van der Waals surface area contributed by atoms with Crippen LogP contribution in [0.1, 0.15) is 51.9 Å². The van der Waals surface area contributed by atoms with Crippen molar-refractivity contribution in [1.29, 1.82) is 0 Å². The number of aliphatic hydroxyl groups excluding tert-OH is 2. The van der Waals surface area contributed by atoms with Gasteiger partial charge in [-0.25, -0.2) is 0 Å². The number of halogens is 2. The van der Waals surface area contributed by atoms with E-state index >= 15 is 0 Å². The van der Waals surface area contributed by atoms with Gasteiger partial charge in [-0.15, -0.1) is 0 Å². The molecule has 0 aliphatic carbocycles. The second-order valence-electron chi connectivity index (χ2n) is 6.96. The number of benzene rings is 1. The highest BCUT2D eigenvalue weighted by Crippen LogP contribution is 2.27. The molecule has 3 unspecified atom stereocenters. The highest BCUT2D eigenvalue weighted by molar-refractivity contribution is 6.35. The van der Waals surface area contributed by atoms with Gasteiger partial charge in [0.1, 0.15) is 12.4 Å². The molecule has 0 bridgehead atoms. The molecule has 0 heterocycles. The first kappa shape index (κ1) is 24.8. The number of aliphatic hydroxyl groups is 2. The molecule has 0 aromatic heterocycles. The molecule has 0 spiro atoms. The topological polar surface area (TPSA) is 87.0 Å². The Bertz CT molecular complexity index is 619. The lowest BCUT2D eigenvalue weighted by molar-refractivity contribution is -0.137. The third-order valence-electron chi connectivity index (χ3n) is 4.49. The third kappa shape index (κ3) is 10.9. The van der Waals surface area contributed by atoms with E-state index in [2.05, 4.69) is 0 Å². The van der Waals surface area contributed by atoms with Gasteiger partial charge in [0.25, 0.3) is 0 Å². The summed E-state index contributed by atoms with van der Waals surface area (Å²) in [6.07, 6.45) is 7.28. The minimum Gasteiger partial charge on any atom is -0.489 e. The second-order valence-corrected chi connectivity index (χ2v) is 7.81. The standard InChI is InChI=1S/C21H30Cl2O5/c1-15(24)16(7-4-2-3-5-10-21(26)27)8-6-9-18(25)14-28-20-12-11-17(22)13-19(20)23/h2,4,11-13,15-16,18,24-25H,3,5-10,14H2,1H3,(H,26,27)/b4-2-. The zero-order valence-electron chi connectivity index (χ0n) is 16.2. The van der Waals surface area contributed by atoms with E-state index in [-0.39, 0.29) is 18.9 Å². The predicted octanol–water partition coefficient (Wildman–Crippen LogP) is 5.10. The molecule has 0 aliphatic heterocycles. The van der Waals surface area contributed by atoms with E-state index in [0.717, 1.165) is 25.7 Å². The molecule has 7 heteroatoms. The van der Waals surface area contributed by atoms with Crippen LogP contribution < -0.4 is 4.74 Å². The molecular weight excluding hydrogens is 403 g/mol. The summed E-state index contributed by atoms with van der Waals surface area (Å²) in [5.74, 6) is -0.189. The summed E-state index contributed by atoms with van der Waals surface area (Å²) in [6.45, 7) is 1.91. The van der Waals surface area contributed by atoms with Gasteiger partial charge in [0.05, 0.1) is 17.2 Å². The summed E-state index contributed by atoms with van der Waals surface area (Å²) in [6, 6.07) is 4.94. The largest absolute Gasteiger partial charge is 0.489 e. The summed E-state index contributed by atoms with van der Waals surface area (Å²) >= 11 is 11.9. The highest BCUT2D eigenvalue weighted by Gasteiger charge is 2.15. The average molecular weight is 433 g/mol. The number of hydrogen-bond donors (Lipinski definition) is 3. The quantitative estimate of drug-likeness (QED) is 0.281. The van der Waals surface area contributed by atoms with Crippen molar-refractivity contribution in [2.75, 3.05) is 6.61 Å². The Kier molecular flexibility index (Phi) is 12.2. The lowest BCUT2D eigenvalue weighted by Gasteiger charge is -2.19. The maximum Gasteiger partial charge on any atom is 0.303 e. The molecule has 1 aromatic carbocycles. The first-order valence-corrected chi connectivity index (χ1v) is 10.4. The molecule has 0 radical (unpaired) electrons. The van der Waals surface area contributed by atoms with E-state index in [1.165, 1.54) is 0 Å². The zero-order chi connectivity index (χ0) is 20.9. The molecule has 0 aliphatic rings. The molecule has 5 nitrogen and oxygen atoms in total. The third-order valence-corrected chi connectivity index (χ3v) is 5.02. The van der Waals surface area contributed by atoms with Crippen molar-refractivity contribution in [3.05, 3.63) is 40.4 Å². The van der Waals surface area contributed by atoms with Crippen LogP contribution in [-0.2, 0) is 4.79 Å². The Labute approximate surface area is 176 Å². The van der Waals surface area contributed by atoms with Crippen LogP contribution in [0.15, 0.2) is 30.4 Å². The Hall–Kier alpha value is -1.27. The van der Waals surface area contributed by atoms with Crippen molar-refractivity contribution in [2.24, 2.45) is 5.92 Å². The van der Waals surface area contributed by atoms with E-state index in [9.17, 15) is 15.0 Å². The first-order chi connectivity index (χ1) is 13.3. The van der Waals surface area contributed by atoms with Gasteiger partial charge in [0.2, 0.25) is 0 Å². The molecule has 1 aromatic rings. The number of rotatable bonds is 14. The lowest BCUT2D eigenvalue weighted by Crippen LogP contribution is -2.20. The molecular formula is C21H30Cl2O5. The lowest BCUT2D eigenvalue weighted by atomic mass is 9.92. The number of carboxylic acid groups (broad SMARTS) is 1. The van der Waals surface area contributed by atoms with E-state index in [0.29, 0.717) is 28.6 Å². The molecule has 158 valence electrons. The van der Waals surface area contributed by atoms with Crippen LogP contribution in [-0.4, -0.2) is 40.1 Å². The van der Waals surface area contributed by atoms with Gasteiger partial charge in [0, 0.05) is 11.4 Å². The smallest absolute Gasteiger partial charge is 0.303 e. The fourth-order valence-electron chi connectivity index (χ4n) is 2.79. The van der Waals surface area contributed by atoms with Crippen LogP contribution >= 0.6 is 23.2 Å². The number of allylic oxidation sites excluding steroid dienone is 2. The van der Waals surface area contributed by atoms with Gasteiger partial charge in [-0.1, -0.05) is 41.8 Å². The maximum absolute atomic E-state index is 10.5. The maximum atomic E-state index is 10.5. The fraction of sp³-hybridized carbons (Fsp3) is 0.571. The van der Waals surface area contributed by atoms with Crippen molar-refractivity contribution in [2.45, 2.75) is 64.1 Å². The molecule has 0 fully saturated rings. The predicted molar refractivity (Wildman–Crippen MR) is 112 cm³/mol. The number of hydrogen-bond acceptors (Lipinski definition) is 4. The number of carbonyl (C=O) groups is 1. The van der Waals surface area contributed by atoms with Gasteiger partial charge in [-0.05, 0) is 63.1 Å². The van der Waals surface area contributed by atoms with Gasteiger partial charge in [-0.3, -0.25) is 4.79 Å². The van der Waals surface area contributed by atoms with Crippen molar-refractivity contribution < 1.29 is 24.9 Å². The van der Waals surface area contributed by atoms with Crippen LogP contribution in [0.4, 0.5) is 0 Å². The molecule has 0 amide bonds. The number of ether oxygens (including phenoxy) is 1. The molecule has 28 heavy (non-hydrogen) atoms. The van der Waals surface area contributed by atoms with Crippen LogP contribution in [0.25, 0.3) is 0 Å². The molecule has 3 N–H and O–H groups in total. The van der Waals surface area contributed by atoms with Gasteiger partial charge in [0.15, 0.2) is 0 Å². The van der Waals surface area contributed by atoms with Crippen molar-refractivity contribution in [1.82, 2.24) is 0 Å². The van der Waals surface area contributed by atoms with Gasteiger partial charge < -0.3 is 20.1 Å². The number of carboxylic acids is 1. The summed E-state index contributed by atoms with van der Waals surface area (Å²) < 4.78 is 5.53. The van der Waals surface area contributed by atoms with E-state index in [1.54, 1.807) is 25.1 Å². The van der Waals surface area contributed by atoms with E-state index < -0.39 is 18.2 Å². The Morgan fingerprint density at radius 3 is 2.57 bits per heavy atom. The summed E-state index contributed by atoms with van der Waals surface area (Å²) in [4.78, 5) is 10.5. The van der Waals surface area contributed by atoms with Gasteiger partial charge in [-0.2, -0.15) is 0 Å². The van der Waals surface area contributed by atoms with Crippen LogP contribution in [0.2, 0.25) is 10.0 Å². The second kappa shape index (κ2) is 13.8. The van der Waals surface area contributed by atoms with Crippen LogP contribution in [0, 0.1) is 5.92 Å². The number of aliphatic carboxylic acids is 1. The fourth-order valence-corrected chi connectivity index (χ4v) is 3.26. The highest BCUT2D eigenvalue weighted by atomic mass is 35.5. The van der Waals surface area contributed by atoms with Crippen molar-refractivity contribution in [3.63, 3.8) is 0 Å². The average Bonchev–Trinajstić information content (AvgIpc) is 2.61. The number of unbranched alkanes of at least 4 members (excludes halogenated alkanes) is 1. The summed E-state index contributed by atoms with van der Waals surface area (Å²) in [5.41, 5.74) is 0. The molecule has 0 saturated carbocycles. The Balaban J connectivity index is 2.27. The SMILES string of the molecule is CC(O)C(C/C=C\CCCC(=O)O)CCCC(O)COc1ccc(Cl)cc1Cl. The van der Waals surface area contributed by atoms with Crippen molar-refractivity contribution >= 4 is 29.2 Å². The van der Waals surface area contributed by atoms with Crippen molar-refractivity contribution in [3.8, 4) is 5.75 Å². The minimum absolute atomic E-state index is 0.106. The minimum atomic E-state index is -0.781. The molecule has 0 saturated heterocycles. The van der Waals surface area contributed by atoms with E-state index in [4.69, 9.17) is 33.0 Å². The zero-order valence-corrected chi connectivity index (χ0v) is 17.7. The first-order valence-electron chi connectivity index (χ1n) is 9.60. The normalized spacial score (nSPS) is 14.8. The van der Waals surface area contributed by atoms with E-state index in [1.807, 2.05) is 12.2 Å². The Morgan fingerprint density at radius 1 is 1.18 bits per heavy atom. The van der Waals surface area contributed by atoms with Crippen LogP contribution in [0.5, 0.6) is 5.75 Å². The van der Waals surface area contributed by atoms with Gasteiger partial charge >= 0.3 is 5.97 Å². The van der Waals surface area contributed by atoms with Crippen LogP contribution in [0.3, 0.4) is 0 Å². The molecule has 3 atom stereocenters. The molecule has 1 rings (SSSR count). The summed E-state index contributed by atoms with van der Waals surface area (Å²) in [5, 5.41) is 29.6. The summed E-state index contributed by atoms with van der Waals surface area (Å²) in [7, 11) is 0. The monoisotopic (exact) mass is 432 g/mol.